The number of likely N-dealkylation sites (tertiary alicyclic amines) is 1. The summed E-state index contributed by atoms with van der Waals surface area (Å²) in [6.45, 7) is 3.75. The zero-order valence-electron chi connectivity index (χ0n) is 29.6. The van der Waals surface area contributed by atoms with Crippen molar-refractivity contribution in [3.8, 4) is 11.5 Å². The number of para-hydroxylation sites is 1. The van der Waals surface area contributed by atoms with Crippen LogP contribution in [0, 0.1) is 10.1 Å². The third kappa shape index (κ3) is 12.1. The van der Waals surface area contributed by atoms with E-state index in [0.717, 1.165) is 80.8 Å². The van der Waals surface area contributed by atoms with Crippen LogP contribution in [0.25, 0.3) is 0 Å². The Hall–Kier alpha value is -3.85. The van der Waals surface area contributed by atoms with Gasteiger partial charge in [0.05, 0.1) is 57.4 Å². The van der Waals surface area contributed by atoms with Crippen LogP contribution in [0.2, 0.25) is 0 Å². The summed E-state index contributed by atoms with van der Waals surface area (Å²) in [7, 11) is 1.71. The Morgan fingerprint density at radius 1 is 0.961 bits per heavy atom. The van der Waals surface area contributed by atoms with Crippen LogP contribution >= 0.6 is 0 Å². The van der Waals surface area contributed by atoms with Crippen LogP contribution in [0.15, 0.2) is 48.5 Å². The first-order valence-corrected chi connectivity index (χ1v) is 18.2. The lowest BCUT2D eigenvalue weighted by molar-refractivity contribution is -0.757. The number of nitrogens with zero attached hydrogens (tertiary/aromatic N) is 3. The van der Waals surface area contributed by atoms with Gasteiger partial charge in [0, 0.05) is 20.3 Å². The molecule has 0 bridgehead atoms. The molecular weight excluding hydrogens is 662 g/mol. The first-order chi connectivity index (χ1) is 24.9. The Morgan fingerprint density at radius 3 is 2.49 bits per heavy atom. The minimum Gasteiger partial charge on any atom is -0.490 e. The number of rotatable bonds is 19. The zero-order valence-corrected chi connectivity index (χ0v) is 29.6. The van der Waals surface area contributed by atoms with E-state index < -0.39 is 29.5 Å². The molecule has 2 heterocycles. The quantitative estimate of drug-likeness (QED) is 0.116. The second-order valence-electron chi connectivity index (χ2n) is 13.3. The predicted molar refractivity (Wildman–Crippen MR) is 188 cm³/mol. The molecule has 1 N–H and O–H groups in total. The standard InChI is InChI=1S/C37H53N3O11/c1-45-20-9-18-38-19-23-46-34-17-12-28(24-32(34)38)27-48-35-26-39(37(42)47-21-7-2-3-8-22-49-40(43)44)25-33(41)36(35)51-31-15-13-30(14-16-31)50-29-10-5-4-6-11-29/h4-6,10-12,17,24,30-31,33,35-36,41H,2-3,7-9,13-16,18-23,25-27H2,1H3. The number of piperidine rings is 1. The van der Waals surface area contributed by atoms with Crippen molar-refractivity contribution in [2.75, 3.05) is 64.6 Å². The van der Waals surface area contributed by atoms with Gasteiger partial charge in [-0.25, -0.2) is 4.79 Å². The molecule has 2 aromatic carbocycles. The molecule has 1 amide bonds. The van der Waals surface area contributed by atoms with Crippen LogP contribution in [0.4, 0.5) is 10.5 Å². The van der Waals surface area contributed by atoms with Crippen molar-refractivity contribution in [1.82, 2.24) is 4.90 Å². The zero-order chi connectivity index (χ0) is 35.8. The van der Waals surface area contributed by atoms with Crippen molar-refractivity contribution >= 4 is 11.8 Å². The molecular formula is C37H53N3O11. The number of carbonyl (C=O) groups is 1. The highest BCUT2D eigenvalue weighted by Crippen LogP contribution is 2.34. The van der Waals surface area contributed by atoms with Gasteiger partial charge in [0.1, 0.15) is 36.4 Å². The molecule has 3 aliphatic rings. The van der Waals surface area contributed by atoms with Crippen molar-refractivity contribution in [3.63, 3.8) is 0 Å². The molecule has 14 nitrogen and oxygen atoms in total. The maximum atomic E-state index is 13.1. The number of unbranched alkanes of at least 4 members (excludes halogenated alkanes) is 3. The van der Waals surface area contributed by atoms with Crippen LogP contribution < -0.4 is 14.4 Å². The number of hydrogen-bond donors (Lipinski definition) is 1. The lowest BCUT2D eigenvalue weighted by Crippen LogP contribution is -2.59. The Kier molecular flexibility index (Phi) is 15.2. The molecule has 51 heavy (non-hydrogen) atoms. The minimum atomic E-state index is -0.968. The number of aliphatic hydroxyl groups excluding tert-OH is 1. The molecule has 2 aliphatic heterocycles. The fraction of sp³-hybridized carbons (Fsp3) is 0.649. The van der Waals surface area contributed by atoms with Crippen molar-refractivity contribution in [3.05, 3.63) is 64.2 Å². The van der Waals surface area contributed by atoms with Crippen LogP contribution in [-0.2, 0) is 30.4 Å². The summed E-state index contributed by atoms with van der Waals surface area (Å²) in [5, 5.41) is 20.9. The lowest BCUT2D eigenvalue weighted by atomic mass is 9.93. The van der Waals surface area contributed by atoms with E-state index >= 15 is 0 Å². The van der Waals surface area contributed by atoms with E-state index in [2.05, 4.69) is 15.8 Å². The molecule has 14 heteroatoms. The molecule has 2 aromatic rings. The molecule has 3 atom stereocenters. The number of β-amino-alcohol motifs (C(OH)–C–C–N with tert-alkyl or cyclic N) is 1. The number of aliphatic hydroxyl groups is 1. The van der Waals surface area contributed by atoms with E-state index in [4.69, 9.17) is 28.4 Å². The molecule has 5 rings (SSSR count). The van der Waals surface area contributed by atoms with Crippen LogP contribution in [-0.4, -0.2) is 111 Å². The van der Waals surface area contributed by atoms with Gasteiger partial charge in [0.2, 0.25) is 0 Å². The van der Waals surface area contributed by atoms with E-state index in [-0.39, 0.29) is 45.1 Å². The summed E-state index contributed by atoms with van der Waals surface area (Å²) >= 11 is 0. The summed E-state index contributed by atoms with van der Waals surface area (Å²) in [6, 6.07) is 15.9. The SMILES string of the molecule is COCCCN1CCOc2ccc(COC3CN(C(=O)OCCCCCCO[N+](=O)[O-])CC(O)C3OC3CCC(Oc4ccccc4)CC3)cc21. The van der Waals surface area contributed by atoms with E-state index in [1.54, 1.807) is 7.11 Å². The Bertz CT molecular complexity index is 1340. The molecule has 0 aromatic heterocycles. The monoisotopic (exact) mass is 715 g/mol. The largest absolute Gasteiger partial charge is 0.490 e. The van der Waals surface area contributed by atoms with Crippen molar-refractivity contribution in [2.45, 2.75) is 94.9 Å². The molecule has 1 saturated heterocycles. The number of fused-ring (bicyclic) bond motifs is 1. The smallest absolute Gasteiger partial charge is 0.409 e. The summed E-state index contributed by atoms with van der Waals surface area (Å²) in [5.74, 6) is 1.70. The third-order valence-electron chi connectivity index (χ3n) is 9.51. The number of benzene rings is 2. The number of ether oxygens (including phenoxy) is 6. The first kappa shape index (κ1) is 38.4. The average Bonchev–Trinajstić information content (AvgIpc) is 3.14. The normalized spacial score (nSPS) is 23.2. The summed E-state index contributed by atoms with van der Waals surface area (Å²) in [6.07, 6.45) is 4.15. The molecule has 282 valence electrons. The Balaban J connectivity index is 1.18. The van der Waals surface area contributed by atoms with Crippen LogP contribution in [0.5, 0.6) is 11.5 Å². The number of anilines is 1. The molecule has 1 aliphatic carbocycles. The van der Waals surface area contributed by atoms with Gasteiger partial charge in [-0.2, -0.15) is 0 Å². The summed E-state index contributed by atoms with van der Waals surface area (Å²) in [4.78, 5) is 31.5. The number of methoxy groups -OCH3 is 1. The fourth-order valence-corrected chi connectivity index (χ4v) is 6.84. The van der Waals surface area contributed by atoms with E-state index in [1.165, 1.54) is 4.90 Å². The Labute approximate surface area is 299 Å². The minimum absolute atomic E-state index is 0.0534. The van der Waals surface area contributed by atoms with Gasteiger partial charge >= 0.3 is 6.09 Å². The van der Waals surface area contributed by atoms with Crippen LogP contribution in [0.3, 0.4) is 0 Å². The van der Waals surface area contributed by atoms with E-state index in [0.29, 0.717) is 26.1 Å². The third-order valence-corrected chi connectivity index (χ3v) is 9.51. The number of carbonyl (C=O) groups excluding carboxylic acids is 1. The molecule has 3 unspecified atom stereocenters. The van der Waals surface area contributed by atoms with Gasteiger partial charge in [0.15, 0.2) is 0 Å². The van der Waals surface area contributed by atoms with Crippen molar-refractivity contribution < 1.29 is 48.2 Å². The van der Waals surface area contributed by atoms with E-state index in [1.807, 2.05) is 42.5 Å². The van der Waals surface area contributed by atoms with Gasteiger partial charge in [-0.1, -0.05) is 30.7 Å². The second-order valence-corrected chi connectivity index (χ2v) is 13.3. The number of amides is 1. The van der Waals surface area contributed by atoms with Gasteiger partial charge in [-0.05, 0) is 81.2 Å². The highest BCUT2D eigenvalue weighted by Gasteiger charge is 2.42. The first-order valence-electron chi connectivity index (χ1n) is 18.2. The molecule has 0 spiro atoms. The van der Waals surface area contributed by atoms with Gasteiger partial charge in [-0.3, -0.25) is 0 Å². The molecule has 0 radical (unpaired) electrons. The Morgan fingerprint density at radius 2 is 1.73 bits per heavy atom. The highest BCUT2D eigenvalue weighted by molar-refractivity contribution is 5.68. The highest BCUT2D eigenvalue weighted by atomic mass is 16.9. The predicted octanol–water partition coefficient (Wildman–Crippen LogP) is 5.16. The average molecular weight is 716 g/mol. The maximum absolute atomic E-state index is 13.1. The van der Waals surface area contributed by atoms with Gasteiger partial charge in [0.25, 0.3) is 5.09 Å². The molecule has 1 saturated carbocycles. The second kappa shape index (κ2) is 20.3. The van der Waals surface area contributed by atoms with Crippen LogP contribution in [0.1, 0.15) is 63.4 Å². The van der Waals surface area contributed by atoms with Gasteiger partial charge < -0.3 is 48.2 Å². The maximum Gasteiger partial charge on any atom is 0.409 e. The van der Waals surface area contributed by atoms with Gasteiger partial charge in [-0.15, -0.1) is 10.1 Å². The summed E-state index contributed by atoms with van der Waals surface area (Å²) < 4.78 is 36.0. The number of hydrogen-bond acceptors (Lipinski definition) is 12. The van der Waals surface area contributed by atoms with E-state index in [9.17, 15) is 20.0 Å². The lowest BCUT2D eigenvalue weighted by Gasteiger charge is -2.43. The topological polar surface area (TPSA) is 152 Å². The van der Waals surface area contributed by atoms with Crippen molar-refractivity contribution in [1.29, 1.82) is 0 Å². The van der Waals surface area contributed by atoms with Crippen molar-refractivity contribution in [2.24, 2.45) is 0 Å². The summed E-state index contributed by atoms with van der Waals surface area (Å²) in [5.41, 5.74) is 1.96. The molecule has 2 fully saturated rings. The fourth-order valence-electron chi connectivity index (χ4n) is 6.84.